The summed E-state index contributed by atoms with van der Waals surface area (Å²) in [6.45, 7) is -0.401. The van der Waals surface area contributed by atoms with Crippen LogP contribution >= 0.6 is 7.91 Å². The molecule has 0 bridgehead atoms. The first kappa shape index (κ1) is 6.82. The zero-order chi connectivity index (χ0) is 5.70. The summed E-state index contributed by atoms with van der Waals surface area (Å²) in [7, 11) is -2.77. The fourth-order valence-electron chi connectivity index (χ4n) is 0.115. The molecule has 5 heteroatoms. The van der Waals surface area contributed by atoms with Gasteiger partial charge in [0.15, 0.2) is 0 Å². The van der Waals surface area contributed by atoms with Gasteiger partial charge in [-0.1, -0.05) is 0 Å². The van der Waals surface area contributed by atoms with Crippen molar-refractivity contribution in [1.29, 1.82) is 0 Å². The van der Waals surface area contributed by atoms with E-state index in [4.69, 9.17) is 5.11 Å². The van der Waals surface area contributed by atoms with E-state index in [9.17, 15) is 9.13 Å². The molecular weight excluding hydrogens is 119 g/mol. The third-order valence-electron chi connectivity index (χ3n) is 0.288. The third-order valence-corrected chi connectivity index (χ3v) is 0.681. The van der Waals surface area contributed by atoms with Crippen molar-refractivity contribution in [3.63, 3.8) is 0 Å². The minimum Gasteiger partial charge on any atom is -0.394 e. The van der Waals surface area contributed by atoms with E-state index in [0.29, 0.717) is 0 Å². The molecule has 0 radical (unpaired) electrons. The summed E-state index contributed by atoms with van der Waals surface area (Å²) < 4.78 is 22.8. The van der Waals surface area contributed by atoms with Gasteiger partial charge >= 0.3 is 7.91 Å². The average molecular weight is 124 g/mol. The van der Waals surface area contributed by atoms with Gasteiger partial charge in [-0.05, 0) is 0 Å². The smallest absolute Gasteiger partial charge is 0.394 e. The Balaban J connectivity index is 2.98. The van der Waals surface area contributed by atoms with Gasteiger partial charge in [-0.25, -0.2) is 9.13 Å². The van der Waals surface area contributed by atoms with Gasteiger partial charge in [-0.3, -0.25) is 4.52 Å². The van der Waals surface area contributed by atoms with E-state index in [2.05, 4.69) is 4.52 Å². The highest BCUT2D eigenvalue weighted by Gasteiger charge is 1.85. The summed E-state index contributed by atoms with van der Waals surface area (Å²) in [6.07, 6.45) is 0. The maximum Gasteiger partial charge on any atom is 0.468 e. The lowest BCUT2D eigenvalue weighted by Gasteiger charge is -1.82. The Morgan fingerprint density at radius 1 is 1.57 bits per heavy atom. The number of hydrogen-bond acceptors (Lipinski definition) is 4. The van der Waals surface area contributed by atoms with Crippen molar-refractivity contribution >= 4 is 7.91 Å². The molecule has 0 saturated heterocycles. The first-order valence-corrected chi connectivity index (χ1v) is 2.75. The highest BCUT2D eigenvalue weighted by atomic mass is 31.1. The molecule has 0 amide bonds. The molecule has 0 saturated carbocycles. The first-order valence-electron chi connectivity index (χ1n) is 1.65. The zero-order valence-electron chi connectivity index (χ0n) is 3.53. The molecular formula is C2H5O4P. The van der Waals surface area contributed by atoms with Crippen LogP contribution in [0.25, 0.3) is 0 Å². The summed E-state index contributed by atoms with van der Waals surface area (Å²) >= 11 is 0. The van der Waals surface area contributed by atoms with Gasteiger partial charge in [-0.2, -0.15) is 0 Å². The first-order chi connectivity index (χ1) is 3.27. The van der Waals surface area contributed by atoms with Gasteiger partial charge in [0.05, 0.1) is 13.2 Å². The molecule has 0 aromatic heterocycles. The second-order valence-electron chi connectivity index (χ2n) is 0.780. The predicted molar refractivity (Wildman–Crippen MR) is 21.3 cm³/mol. The molecule has 42 valence electrons. The topological polar surface area (TPSA) is 63.6 Å². The summed E-state index contributed by atoms with van der Waals surface area (Å²) in [4.78, 5) is 0. The van der Waals surface area contributed by atoms with Crippen LogP contribution in [0.5, 0.6) is 0 Å². The van der Waals surface area contributed by atoms with E-state index in [0.717, 1.165) is 0 Å². The van der Waals surface area contributed by atoms with Gasteiger partial charge in [-0.15, -0.1) is 0 Å². The number of hydrogen-bond donors (Lipinski definition) is 1. The van der Waals surface area contributed by atoms with Gasteiger partial charge in [0, 0.05) is 0 Å². The van der Waals surface area contributed by atoms with Crippen molar-refractivity contribution in [3.8, 4) is 0 Å². The van der Waals surface area contributed by atoms with Gasteiger partial charge < -0.3 is 5.11 Å². The Morgan fingerprint density at radius 3 is 2.29 bits per heavy atom. The fraction of sp³-hybridized carbons (Fsp3) is 1.00. The fourth-order valence-corrected chi connectivity index (χ4v) is 0.346. The number of aliphatic hydroxyl groups excluding tert-OH is 1. The van der Waals surface area contributed by atoms with Crippen molar-refractivity contribution in [2.75, 3.05) is 13.2 Å². The molecule has 0 aliphatic heterocycles. The molecule has 0 spiro atoms. The number of rotatable bonds is 3. The average Bonchev–Trinajstić information content (AvgIpc) is 1.61. The van der Waals surface area contributed by atoms with E-state index < -0.39 is 7.91 Å². The van der Waals surface area contributed by atoms with Gasteiger partial charge in [0.1, 0.15) is 0 Å². The molecule has 0 rings (SSSR count). The Kier molecular flexibility index (Phi) is 3.89. The van der Waals surface area contributed by atoms with Crippen molar-refractivity contribution in [1.82, 2.24) is 0 Å². The molecule has 0 aliphatic rings. The van der Waals surface area contributed by atoms with E-state index in [1.807, 2.05) is 0 Å². The second kappa shape index (κ2) is 3.99. The van der Waals surface area contributed by atoms with E-state index in [1.165, 1.54) is 0 Å². The van der Waals surface area contributed by atoms with Crippen LogP contribution < -0.4 is 0 Å². The number of aliphatic hydroxyl groups is 1. The predicted octanol–water partition coefficient (Wildman–Crippen LogP) is 0.0832. The molecule has 0 aliphatic carbocycles. The van der Waals surface area contributed by atoms with Crippen LogP contribution in [0.3, 0.4) is 0 Å². The Morgan fingerprint density at radius 2 is 2.14 bits per heavy atom. The Labute approximate surface area is 41.0 Å². The SMILES string of the molecule is O=P(=O)OCCO. The summed E-state index contributed by atoms with van der Waals surface area (Å²) in [6, 6.07) is 0. The van der Waals surface area contributed by atoms with Crippen molar-refractivity contribution in [2.24, 2.45) is 0 Å². The van der Waals surface area contributed by atoms with Crippen LogP contribution in [0, 0.1) is 0 Å². The highest BCUT2D eigenvalue weighted by molar-refractivity contribution is 7.24. The Bertz CT molecular complexity index is 87.9. The molecule has 0 fully saturated rings. The summed E-state index contributed by atoms with van der Waals surface area (Å²) in [5, 5.41) is 7.92. The van der Waals surface area contributed by atoms with E-state index in [1.54, 1.807) is 0 Å². The minimum atomic E-state index is -2.77. The molecule has 7 heavy (non-hydrogen) atoms. The van der Waals surface area contributed by atoms with Crippen LogP contribution in [0.15, 0.2) is 0 Å². The Hall–Kier alpha value is -0.180. The maximum atomic E-state index is 9.46. The van der Waals surface area contributed by atoms with Crippen LogP contribution in [0.2, 0.25) is 0 Å². The minimum absolute atomic E-state index is 0.140. The van der Waals surface area contributed by atoms with Gasteiger partial charge in [0.2, 0.25) is 0 Å². The van der Waals surface area contributed by atoms with E-state index >= 15 is 0 Å². The molecule has 1 N–H and O–H groups in total. The summed E-state index contributed by atoms with van der Waals surface area (Å²) in [5.74, 6) is 0. The highest BCUT2D eigenvalue weighted by Crippen LogP contribution is 2.01. The molecule has 4 nitrogen and oxygen atoms in total. The van der Waals surface area contributed by atoms with Crippen molar-refractivity contribution in [3.05, 3.63) is 0 Å². The lowest BCUT2D eigenvalue weighted by molar-refractivity contribution is 0.202. The second-order valence-corrected chi connectivity index (χ2v) is 1.49. The van der Waals surface area contributed by atoms with Crippen LogP contribution in [0.1, 0.15) is 0 Å². The molecule has 0 aromatic carbocycles. The molecule has 0 heterocycles. The molecule has 0 aromatic rings. The maximum absolute atomic E-state index is 9.46. The lowest BCUT2D eigenvalue weighted by atomic mass is 10.8. The van der Waals surface area contributed by atoms with Gasteiger partial charge in [0.25, 0.3) is 0 Å². The van der Waals surface area contributed by atoms with Crippen molar-refractivity contribution < 1.29 is 18.8 Å². The third kappa shape index (κ3) is 5.82. The molecule has 0 unspecified atom stereocenters. The van der Waals surface area contributed by atoms with Crippen LogP contribution in [-0.2, 0) is 13.7 Å². The van der Waals surface area contributed by atoms with Crippen molar-refractivity contribution in [2.45, 2.75) is 0 Å². The zero-order valence-corrected chi connectivity index (χ0v) is 4.43. The lowest BCUT2D eigenvalue weighted by Crippen LogP contribution is -1.89. The van der Waals surface area contributed by atoms with Crippen LogP contribution in [-0.4, -0.2) is 18.3 Å². The normalized spacial score (nSPS) is 8.71. The summed E-state index contributed by atoms with van der Waals surface area (Å²) in [5.41, 5.74) is 0. The molecule has 0 atom stereocenters. The largest absolute Gasteiger partial charge is 0.468 e. The standard InChI is InChI=1S/C2H5O4P/c3-1-2-6-7(4)5/h3H,1-2H2. The van der Waals surface area contributed by atoms with Crippen LogP contribution in [0.4, 0.5) is 0 Å². The monoisotopic (exact) mass is 124 g/mol. The quantitative estimate of drug-likeness (QED) is 0.541. The van der Waals surface area contributed by atoms with E-state index in [-0.39, 0.29) is 13.2 Å².